The van der Waals surface area contributed by atoms with Gasteiger partial charge < -0.3 is 9.80 Å². The number of piperidine rings is 1. The van der Waals surface area contributed by atoms with Gasteiger partial charge in [-0.05, 0) is 81.1 Å². The standard InChI is InChI=1S/C26H27F4N5O/c1-15-16(2)24(33-32-23(15)18-5-7-19(27)8-6-18)35-13-11-20(12-14-35)34(4)25(36)21-9-10-22(26(28,29)30)31-17(21)3/h5-10,20H,11-14H2,1-4H3. The number of amides is 1. The summed E-state index contributed by atoms with van der Waals surface area (Å²) in [6.45, 7) is 6.66. The lowest BCUT2D eigenvalue weighted by Gasteiger charge is -2.38. The van der Waals surface area contributed by atoms with Crippen LogP contribution in [0.1, 0.15) is 45.7 Å². The van der Waals surface area contributed by atoms with Crippen molar-refractivity contribution in [3.05, 3.63) is 70.3 Å². The van der Waals surface area contributed by atoms with E-state index in [4.69, 9.17) is 0 Å². The minimum atomic E-state index is -4.55. The van der Waals surface area contributed by atoms with E-state index in [1.54, 1.807) is 24.1 Å². The quantitative estimate of drug-likeness (QED) is 0.451. The number of aromatic nitrogens is 3. The van der Waals surface area contributed by atoms with Crippen molar-refractivity contribution >= 4 is 11.7 Å². The second-order valence-corrected chi connectivity index (χ2v) is 9.09. The number of anilines is 1. The average Bonchev–Trinajstić information content (AvgIpc) is 2.85. The number of nitrogens with zero attached hydrogens (tertiary/aromatic N) is 5. The maximum atomic E-state index is 13.3. The molecule has 0 aliphatic carbocycles. The Morgan fingerprint density at radius 3 is 2.19 bits per heavy atom. The van der Waals surface area contributed by atoms with Crippen LogP contribution in [0, 0.1) is 26.6 Å². The van der Waals surface area contributed by atoms with E-state index in [1.807, 2.05) is 13.8 Å². The molecule has 1 amide bonds. The van der Waals surface area contributed by atoms with Gasteiger partial charge in [-0.1, -0.05) is 0 Å². The van der Waals surface area contributed by atoms with Gasteiger partial charge in [-0.3, -0.25) is 4.79 Å². The minimum Gasteiger partial charge on any atom is -0.355 e. The van der Waals surface area contributed by atoms with E-state index < -0.39 is 11.9 Å². The molecule has 1 aromatic carbocycles. The summed E-state index contributed by atoms with van der Waals surface area (Å²) in [5.74, 6) is 0.116. The van der Waals surface area contributed by atoms with Crippen molar-refractivity contribution < 1.29 is 22.4 Å². The van der Waals surface area contributed by atoms with Gasteiger partial charge >= 0.3 is 6.18 Å². The number of carbonyl (C=O) groups excluding carboxylic acids is 1. The fourth-order valence-electron chi connectivity index (χ4n) is 4.54. The highest BCUT2D eigenvalue weighted by molar-refractivity contribution is 5.95. The van der Waals surface area contributed by atoms with E-state index >= 15 is 0 Å². The Labute approximate surface area is 207 Å². The summed E-state index contributed by atoms with van der Waals surface area (Å²) < 4.78 is 52.0. The molecule has 0 N–H and O–H groups in total. The lowest BCUT2D eigenvalue weighted by atomic mass is 10.00. The molecular formula is C26H27F4N5O. The topological polar surface area (TPSA) is 62.2 Å². The fourth-order valence-corrected chi connectivity index (χ4v) is 4.54. The number of hydrogen-bond acceptors (Lipinski definition) is 5. The molecule has 0 unspecified atom stereocenters. The number of hydrogen-bond donors (Lipinski definition) is 0. The SMILES string of the molecule is Cc1nc(C(F)(F)F)ccc1C(=O)N(C)C1CCN(c2nnc(-c3ccc(F)cc3)c(C)c2C)CC1. The van der Waals surface area contributed by atoms with Crippen LogP contribution in [-0.4, -0.2) is 52.2 Å². The second kappa shape index (κ2) is 9.83. The second-order valence-electron chi connectivity index (χ2n) is 9.09. The maximum absolute atomic E-state index is 13.3. The zero-order valence-corrected chi connectivity index (χ0v) is 20.5. The summed E-state index contributed by atoms with van der Waals surface area (Å²) >= 11 is 0. The largest absolute Gasteiger partial charge is 0.433 e. The average molecular weight is 502 g/mol. The number of aryl methyl sites for hydroxylation is 1. The number of rotatable bonds is 4. The molecule has 0 bridgehead atoms. The van der Waals surface area contributed by atoms with Crippen LogP contribution in [-0.2, 0) is 6.18 Å². The molecular weight excluding hydrogens is 474 g/mol. The highest BCUT2D eigenvalue weighted by atomic mass is 19.4. The van der Waals surface area contributed by atoms with Crippen LogP contribution in [0.2, 0.25) is 0 Å². The monoisotopic (exact) mass is 501 g/mol. The van der Waals surface area contributed by atoms with E-state index in [2.05, 4.69) is 20.1 Å². The highest BCUT2D eigenvalue weighted by Gasteiger charge is 2.34. The van der Waals surface area contributed by atoms with Gasteiger partial charge in [0, 0.05) is 31.7 Å². The summed E-state index contributed by atoms with van der Waals surface area (Å²) in [5, 5.41) is 8.86. The Morgan fingerprint density at radius 1 is 0.972 bits per heavy atom. The molecule has 1 fully saturated rings. The van der Waals surface area contributed by atoms with Gasteiger partial charge in [0.15, 0.2) is 5.82 Å². The number of alkyl halides is 3. The molecule has 0 radical (unpaired) electrons. The van der Waals surface area contributed by atoms with Gasteiger partial charge in [-0.25, -0.2) is 9.37 Å². The van der Waals surface area contributed by atoms with Gasteiger partial charge in [-0.15, -0.1) is 10.2 Å². The number of halogens is 4. The Kier molecular flexibility index (Phi) is 6.97. The summed E-state index contributed by atoms with van der Waals surface area (Å²) in [5.41, 5.74) is 2.66. The first-order valence-corrected chi connectivity index (χ1v) is 11.6. The highest BCUT2D eigenvalue weighted by Crippen LogP contribution is 2.31. The number of pyridine rings is 1. The number of benzene rings is 1. The van der Waals surface area contributed by atoms with Crippen molar-refractivity contribution in [2.24, 2.45) is 0 Å². The van der Waals surface area contributed by atoms with Crippen molar-refractivity contribution in [1.29, 1.82) is 0 Å². The van der Waals surface area contributed by atoms with Crippen molar-refractivity contribution in [2.45, 2.75) is 45.8 Å². The molecule has 2 aromatic heterocycles. The Bertz CT molecular complexity index is 1270. The molecule has 190 valence electrons. The predicted octanol–water partition coefficient (Wildman–Crippen LogP) is 5.36. The Morgan fingerprint density at radius 2 is 1.61 bits per heavy atom. The smallest absolute Gasteiger partial charge is 0.355 e. The molecule has 36 heavy (non-hydrogen) atoms. The van der Waals surface area contributed by atoms with Crippen LogP contribution in [0.4, 0.5) is 23.4 Å². The van der Waals surface area contributed by atoms with Gasteiger partial charge in [0.1, 0.15) is 11.5 Å². The summed E-state index contributed by atoms with van der Waals surface area (Å²) in [6, 6.07) is 8.12. The van der Waals surface area contributed by atoms with Crippen molar-refractivity contribution in [2.75, 3.05) is 25.0 Å². The maximum Gasteiger partial charge on any atom is 0.433 e. The van der Waals surface area contributed by atoms with Gasteiger partial charge in [0.25, 0.3) is 5.91 Å². The van der Waals surface area contributed by atoms with Crippen LogP contribution in [0.3, 0.4) is 0 Å². The van der Waals surface area contributed by atoms with Crippen LogP contribution in [0.25, 0.3) is 11.3 Å². The first-order chi connectivity index (χ1) is 17.0. The van der Waals surface area contributed by atoms with Crippen molar-refractivity contribution in [1.82, 2.24) is 20.1 Å². The Hall–Kier alpha value is -3.56. The fraction of sp³-hybridized carbons (Fsp3) is 0.385. The van der Waals surface area contributed by atoms with E-state index in [-0.39, 0.29) is 29.0 Å². The first kappa shape index (κ1) is 25.5. The molecule has 3 heterocycles. The molecule has 1 aliphatic heterocycles. The zero-order chi connectivity index (χ0) is 26.2. The molecule has 0 spiro atoms. The lowest BCUT2D eigenvalue weighted by molar-refractivity contribution is -0.141. The van der Waals surface area contributed by atoms with Crippen LogP contribution in [0.5, 0.6) is 0 Å². The van der Waals surface area contributed by atoms with E-state index in [9.17, 15) is 22.4 Å². The third-order valence-corrected chi connectivity index (χ3v) is 6.85. The number of carbonyl (C=O) groups is 1. The third-order valence-electron chi connectivity index (χ3n) is 6.85. The van der Waals surface area contributed by atoms with E-state index in [0.717, 1.165) is 28.6 Å². The van der Waals surface area contributed by atoms with E-state index in [0.29, 0.717) is 31.6 Å². The summed E-state index contributed by atoms with van der Waals surface area (Å²) in [7, 11) is 1.67. The molecule has 3 aromatic rings. The summed E-state index contributed by atoms with van der Waals surface area (Å²) in [4.78, 5) is 20.3. The van der Waals surface area contributed by atoms with Crippen LogP contribution in [0.15, 0.2) is 36.4 Å². The molecule has 6 nitrogen and oxygen atoms in total. The molecule has 0 saturated carbocycles. The molecule has 4 rings (SSSR count). The predicted molar refractivity (Wildman–Crippen MR) is 128 cm³/mol. The molecule has 1 aliphatic rings. The van der Waals surface area contributed by atoms with Gasteiger partial charge in [0.05, 0.1) is 17.0 Å². The van der Waals surface area contributed by atoms with E-state index in [1.165, 1.54) is 25.1 Å². The zero-order valence-electron chi connectivity index (χ0n) is 20.5. The summed E-state index contributed by atoms with van der Waals surface area (Å²) in [6.07, 6.45) is -3.20. The third kappa shape index (κ3) is 5.03. The molecule has 1 saturated heterocycles. The van der Waals surface area contributed by atoms with Gasteiger partial charge in [-0.2, -0.15) is 13.2 Å². The van der Waals surface area contributed by atoms with Crippen LogP contribution < -0.4 is 4.90 Å². The molecule has 0 atom stereocenters. The van der Waals surface area contributed by atoms with Gasteiger partial charge in [0.2, 0.25) is 0 Å². The Balaban J connectivity index is 1.44. The minimum absolute atomic E-state index is 0.0572. The van der Waals surface area contributed by atoms with Crippen molar-refractivity contribution in [3.8, 4) is 11.3 Å². The van der Waals surface area contributed by atoms with Crippen LogP contribution >= 0.6 is 0 Å². The lowest BCUT2D eigenvalue weighted by Crippen LogP contribution is -2.46. The normalized spacial score (nSPS) is 14.7. The van der Waals surface area contributed by atoms with Crippen molar-refractivity contribution in [3.63, 3.8) is 0 Å². The first-order valence-electron chi connectivity index (χ1n) is 11.6. The molecule has 10 heteroatoms.